The summed E-state index contributed by atoms with van der Waals surface area (Å²) < 4.78 is 6.49. The molecule has 1 aliphatic heterocycles. The number of aliphatic carboxylic acids is 1. The van der Waals surface area contributed by atoms with Crippen LogP contribution in [0.2, 0.25) is 0 Å². The van der Waals surface area contributed by atoms with Crippen LogP contribution in [0.1, 0.15) is 25.5 Å². The summed E-state index contributed by atoms with van der Waals surface area (Å²) in [4.78, 5) is 37.5. The number of anilines is 1. The van der Waals surface area contributed by atoms with Crippen LogP contribution in [0.3, 0.4) is 0 Å². The molecule has 2 heterocycles. The van der Waals surface area contributed by atoms with E-state index in [4.69, 9.17) is 14.9 Å². The molecule has 0 bridgehead atoms. The minimum absolute atomic E-state index is 0.00103. The van der Waals surface area contributed by atoms with E-state index in [-0.39, 0.29) is 31.7 Å². The topological polar surface area (TPSA) is 151 Å². The lowest BCUT2D eigenvalue weighted by Crippen LogP contribution is -2.28. The van der Waals surface area contributed by atoms with Crippen molar-refractivity contribution in [3.8, 4) is 0 Å². The van der Waals surface area contributed by atoms with Crippen LogP contribution in [0.15, 0.2) is 17.1 Å². The zero-order chi connectivity index (χ0) is 17.0. The van der Waals surface area contributed by atoms with Crippen molar-refractivity contribution in [3.63, 3.8) is 0 Å². The molecule has 23 heavy (non-hydrogen) atoms. The first-order valence-electron chi connectivity index (χ1n) is 6.96. The number of nitrogens with zero attached hydrogens (tertiary/aromatic N) is 2. The van der Waals surface area contributed by atoms with Crippen LogP contribution in [0.5, 0.6) is 0 Å². The molecule has 0 spiro atoms. The van der Waals surface area contributed by atoms with E-state index in [2.05, 4.69) is 10.3 Å². The summed E-state index contributed by atoms with van der Waals surface area (Å²) in [7, 11) is 0. The minimum Gasteiger partial charge on any atom is -0.481 e. The smallest absolute Gasteiger partial charge is 0.351 e. The second-order valence-corrected chi connectivity index (χ2v) is 5.06. The number of carbonyl (C=O) groups excluding carboxylic acids is 1. The van der Waals surface area contributed by atoms with Gasteiger partial charge >= 0.3 is 11.7 Å². The van der Waals surface area contributed by atoms with E-state index in [0.29, 0.717) is 0 Å². The number of ether oxygens (including phenoxy) is 1. The fourth-order valence-corrected chi connectivity index (χ4v) is 2.18. The van der Waals surface area contributed by atoms with E-state index in [1.54, 1.807) is 0 Å². The van der Waals surface area contributed by atoms with E-state index in [0.717, 1.165) is 4.57 Å². The van der Waals surface area contributed by atoms with Crippen LogP contribution in [-0.2, 0) is 14.3 Å². The average Bonchev–Trinajstić information content (AvgIpc) is 2.86. The van der Waals surface area contributed by atoms with Gasteiger partial charge in [-0.2, -0.15) is 4.98 Å². The van der Waals surface area contributed by atoms with E-state index < -0.39 is 36.0 Å². The van der Waals surface area contributed by atoms with Gasteiger partial charge in [-0.1, -0.05) is 0 Å². The van der Waals surface area contributed by atoms with Gasteiger partial charge < -0.3 is 25.4 Å². The Morgan fingerprint density at radius 3 is 2.74 bits per heavy atom. The Morgan fingerprint density at radius 1 is 1.43 bits per heavy atom. The van der Waals surface area contributed by atoms with E-state index in [1.165, 1.54) is 12.3 Å². The Hall–Kier alpha value is -2.30. The first-order valence-corrected chi connectivity index (χ1v) is 6.96. The van der Waals surface area contributed by atoms with Crippen molar-refractivity contribution >= 4 is 17.7 Å². The lowest BCUT2D eigenvalue weighted by atomic mass is 10.2. The van der Waals surface area contributed by atoms with Crippen LogP contribution >= 0.6 is 0 Å². The molecular weight excluding hydrogens is 310 g/mol. The van der Waals surface area contributed by atoms with Gasteiger partial charge in [0.05, 0.1) is 19.1 Å². The van der Waals surface area contributed by atoms with Gasteiger partial charge in [0.2, 0.25) is 5.91 Å². The van der Waals surface area contributed by atoms with Crippen molar-refractivity contribution in [1.82, 2.24) is 9.55 Å². The number of carboxylic acids is 1. The fraction of sp³-hybridized carbons (Fsp3) is 0.538. The molecule has 10 nitrogen and oxygen atoms in total. The summed E-state index contributed by atoms with van der Waals surface area (Å²) in [6, 6.07) is 1.36. The molecule has 0 saturated carbocycles. The van der Waals surface area contributed by atoms with Crippen molar-refractivity contribution in [2.24, 2.45) is 0 Å². The van der Waals surface area contributed by atoms with E-state index >= 15 is 0 Å². The maximum absolute atomic E-state index is 12.0. The molecule has 1 fully saturated rings. The maximum Gasteiger partial charge on any atom is 0.351 e. The fourth-order valence-electron chi connectivity index (χ4n) is 2.18. The Kier molecular flexibility index (Phi) is 5.42. The van der Waals surface area contributed by atoms with Crippen LogP contribution in [-0.4, -0.2) is 55.6 Å². The molecule has 2 rings (SSSR count). The summed E-state index contributed by atoms with van der Waals surface area (Å²) in [5.74, 6) is -1.66. The van der Waals surface area contributed by atoms with Crippen molar-refractivity contribution in [2.45, 2.75) is 37.7 Å². The number of carbonyl (C=O) groups is 2. The summed E-state index contributed by atoms with van der Waals surface area (Å²) >= 11 is 0. The summed E-state index contributed by atoms with van der Waals surface area (Å²) in [5.41, 5.74) is -0.697. The zero-order valence-electron chi connectivity index (χ0n) is 12.1. The van der Waals surface area contributed by atoms with Crippen molar-refractivity contribution < 1.29 is 29.6 Å². The van der Waals surface area contributed by atoms with Crippen LogP contribution in [0, 0.1) is 0 Å². The van der Waals surface area contributed by atoms with Gasteiger partial charge in [-0.25, -0.2) is 4.79 Å². The van der Waals surface area contributed by atoms with Crippen LogP contribution < -0.4 is 11.0 Å². The van der Waals surface area contributed by atoms with Gasteiger partial charge in [0.25, 0.3) is 0 Å². The highest BCUT2D eigenvalue weighted by Gasteiger charge is 2.34. The molecule has 3 atom stereocenters. The number of aliphatic hydroxyl groups excluding tert-OH is 2. The molecule has 3 unspecified atom stereocenters. The number of carboxylic acid groups (broad SMARTS) is 1. The largest absolute Gasteiger partial charge is 0.481 e. The quantitative estimate of drug-likeness (QED) is 0.502. The SMILES string of the molecule is O=C(O)CCC(=O)Nc1ccn(C2CC(O)C(CO)O2)c(=O)n1. The van der Waals surface area contributed by atoms with Crippen LogP contribution in [0.25, 0.3) is 0 Å². The third kappa shape index (κ3) is 4.34. The Labute approximate surface area is 130 Å². The molecule has 0 radical (unpaired) electrons. The molecule has 126 valence electrons. The number of nitrogens with one attached hydrogen (secondary N) is 1. The summed E-state index contributed by atoms with van der Waals surface area (Å²) in [6.45, 7) is -0.364. The third-order valence-corrected chi connectivity index (χ3v) is 3.36. The van der Waals surface area contributed by atoms with Gasteiger partial charge in [0, 0.05) is 19.0 Å². The third-order valence-electron chi connectivity index (χ3n) is 3.36. The van der Waals surface area contributed by atoms with Gasteiger partial charge in [-0.15, -0.1) is 0 Å². The molecule has 1 amide bonds. The highest BCUT2D eigenvalue weighted by atomic mass is 16.5. The first-order chi connectivity index (χ1) is 10.9. The normalized spacial score (nSPS) is 23.7. The maximum atomic E-state index is 12.0. The second-order valence-electron chi connectivity index (χ2n) is 5.06. The molecule has 0 aliphatic carbocycles. The van der Waals surface area contributed by atoms with Crippen LogP contribution in [0.4, 0.5) is 5.82 Å². The number of hydrogen-bond donors (Lipinski definition) is 4. The molecule has 4 N–H and O–H groups in total. The number of hydrogen-bond acceptors (Lipinski definition) is 7. The second kappa shape index (κ2) is 7.31. The minimum atomic E-state index is -1.10. The Bertz CT molecular complexity index is 645. The van der Waals surface area contributed by atoms with Gasteiger partial charge in [-0.3, -0.25) is 14.2 Å². The molecule has 1 aliphatic rings. The predicted octanol–water partition coefficient (Wildman–Crippen LogP) is -1.31. The zero-order valence-corrected chi connectivity index (χ0v) is 12.1. The Balaban J connectivity index is 2.02. The van der Waals surface area contributed by atoms with Crippen molar-refractivity contribution in [1.29, 1.82) is 0 Å². The van der Waals surface area contributed by atoms with E-state index in [9.17, 15) is 19.5 Å². The Morgan fingerprint density at radius 2 is 2.17 bits per heavy atom. The van der Waals surface area contributed by atoms with E-state index in [1.807, 2.05) is 0 Å². The van der Waals surface area contributed by atoms with Crippen molar-refractivity contribution in [3.05, 3.63) is 22.7 Å². The molecule has 1 aromatic heterocycles. The molecular formula is C13H17N3O7. The monoisotopic (exact) mass is 327 g/mol. The highest BCUT2D eigenvalue weighted by Crippen LogP contribution is 2.27. The summed E-state index contributed by atoms with van der Waals surface area (Å²) in [6.07, 6.45) is -1.46. The number of aliphatic hydroxyl groups is 2. The van der Waals surface area contributed by atoms with Gasteiger partial charge in [0.1, 0.15) is 18.1 Å². The number of rotatable bonds is 6. The van der Waals surface area contributed by atoms with Crippen molar-refractivity contribution in [2.75, 3.05) is 11.9 Å². The molecule has 0 aromatic carbocycles. The molecule has 1 aromatic rings. The first kappa shape index (κ1) is 17.1. The summed E-state index contributed by atoms with van der Waals surface area (Å²) in [5, 5.41) is 29.5. The predicted molar refractivity (Wildman–Crippen MR) is 75.6 cm³/mol. The molecule has 10 heteroatoms. The number of aromatic nitrogens is 2. The lowest BCUT2D eigenvalue weighted by molar-refractivity contribution is -0.138. The standard InChI is InChI=1S/C13H17N3O7/c17-6-8-7(18)5-11(23-8)16-4-3-9(15-13(16)22)14-10(19)1-2-12(20)21/h3-4,7-8,11,17-18H,1-2,5-6H2,(H,20,21)(H,14,15,19,22). The average molecular weight is 327 g/mol. The van der Waals surface area contributed by atoms with Gasteiger partial charge in [0.15, 0.2) is 0 Å². The lowest BCUT2D eigenvalue weighted by Gasteiger charge is -2.14. The van der Waals surface area contributed by atoms with Gasteiger partial charge in [-0.05, 0) is 6.07 Å². The highest BCUT2D eigenvalue weighted by molar-refractivity contribution is 5.91. The number of amides is 1. The molecule has 1 saturated heterocycles.